The van der Waals surface area contributed by atoms with Crippen LogP contribution in [0.15, 0.2) is 27.8 Å². The zero-order valence-electron chi connectivity index (χ0n) is 18.6. The summed E-state index contributed by atoms with van der Waals surface area (Å²) in [6.07, 6.45) is 0.912. The minimum atomic E-state index is -0.452. The van der Waals surface area contributed by atoms with Crippen LogP contribution in [0.1, 0.15) is 25.8 Å². The summed E-state index contributed by atoms with van der Waals surface area (Å²) < 4.78 is 3.38. The fourth-order valence-electron chi connectivity index (χ4n) is 4.06. The van der Waals surface area contributed by atoms with E-state index in [0.717, 1.165) is 50.7 Å². The normalized spacial score (nSPS) is 15.2. The number of aromatic amines is 1. The molecule has 1 aliphatic heterocycles. The Kier molecular flexibility index (Phi) is 6.65. The summed E-state index contributed by atoms with van der Waals surface area (Å²) in [4.78, 5) is 36.4. The molecular weight excluding hydrogens is 451 g/mol. The van der Waals surface area contributed by atoms with Gasteiger partial charge in [0.1, 0.15) is 0 Å². The summed E-state index contributed by atoms with van der Waals surface area (Å²) in [6.45, 7) is 8.93. The third-order valence-corrected chi connectivity index (χ3v) is 6.57. The first-order chi connectivity index (χ1) is 15.2. The second-order valence-electron chi connectivity index (χ2n) is 8.74. The smallest absolute Gasteiger partial charge is 0.329 e. The molecule has 0 amide bonds. The molecule has 0 aliphatic carbocycles. The van der Waals surface area contributed by atoms with E-state index in [-0.39, 0.29) is 5.56 Å². The number of H-pyrrole nitrogens is 1. The number of nitrogens with zero attached hydrogens (tertiary/aromatic N) is 5. The van der Waals surface area contributed by atoms with Gasteiger partial charge in [-0.15, -0.1) is 0 Å². The molecule has 3 aromatic rings. The molecule has 0 unspecified atom stereocenters. The lowest BCUT2D eigenvalue weighted by Crippen LogP contribution is -2.47. The number of nitrogens with one attached hydrogen (secondary N) is 1. The van der Waals surface area contributed by atoms with E-state index in [4.69, 9.17) is 28.2 Å². The Morgan fingerprint density at radius 2 is 1.84 bits per heavy atom. The molecule has 0 saturated carbocycles. The maximum atomic E-state index is 12.6. The molecule has 1 N–H and O–H groups in total. The Morgan fingerprint density at radius 3 is 2.50 bits per heavy atom. The number of piperazine rings is 1. The average molecular weight is 479 g/mol. The molecule has 4 rings (SSSR count). The lowest BCUT2D eigenvalue weighted by Gasteiger charge is -2.35. The van der Waals surface area contributed by atoms with Crippen LogP contribution in [0, 0.1) is 5.92 Å². The molecule has 10 heteroatoms. The molecule has 1 aliphatic rings. The summed E-state index contributed by atoms with van der Waals surface area (Å²) in [6, 6.07) is 5.60. The number of aromatic nitrogens is 4. The Bertz CT molecular complexity index is 1240. The highest BCUT2D eigenvalue weighted by molar-refractivity contribution is 6.35. The summed E-state index contributed by atoms with van der Waals surface area (Å²) in [5.41, 5.74) is 1.09. The molecule has 1 fully saturated rings. The van der Waals surface area contributed by atoms with Crippen LogP contribution < -0.4 is 16.1 Å². The number of hydrogen-bond acceptors (Lipinski definition) is 5. The third-order valence-electron chi connectivity index (χ3n) is 5.98. The maximum Gasteiger partial charge on any atom is 0.329 e. The predicted molar refractivity (Wildman–Crippen MR) is 129 cm³/mol. The van der Waals surface area contributed by atoms with Crippen LogP contribution >= 0.6 is 23.2 Å². The van der Waals surface area contributed by atoms with Crippen molar-refractivity contribution in [1.29, 1.82) is 0 Å². The maximum absolute atomic E-state index is 12.6. The zero-order valence-corrected chi connectivity index (χ0v) is 20.1. The van der Waals surface area contributed by atoms with E-state index in [9.17, 15) is 9.59 Å². The number of anilines is 1. The topological polar surface area (TPSA) is 79.2 Å². The molecular formula is C22H28Cl2N6O2. The van der Waals surface area contributed by atoms with E-state index in [1.54, 1.807) is 13.1 Å². The molecule has 0 spiro atoms. The van der Waals surface area contributed by atoms with Crippen LogP contribution in [-0.4, -0.2) is 50.2 Å². The van der Waals surface area contributed by atoms with E-state index < -0.39 is 5.69 Å². The van der Waals surface area contributed by atoms with Gasteiger partial charge in [-0.25, -0.2) is 4.79 Å². The summed E-state index contributed by atoms with van der Waals surface area (Å²) in [5.74, 6) is 1.23. The minimum absolute atomic E-state index is 0.387. The third kappa shape index (κ3) is 4.58. The molecule has 172 valence electrons. The first-order valence-electron chi connectivity index (χ1n) is 10.9. The number of fused-ring (bicyclic) bond motifs is 1. The largest absolute Gasteiger partial charge is 0.340 e. The van der Waals surface area contributed by atoms with Crippen LogP contribution in [0.5, 0.6) is 0 Å². The molecule has 8 nitrogen and oxygen atoms in total. The number of aryl methyl sites for hydroxylation is 2. The highest BCUT2D eigenvalue weighted by Gasteiger charge is 2.25. The van der Waals surface area contributed by atoms with Gasteiger partial charge in [-0.1, -0.05) is 43.1 Å². The predicted octanol–water partition coefficient (Wildman–Crippen LogP) is 3.10. The highest BCUT2D eigenvalue weighted by atomic mass is 35.5. The van der Waals surface area contributed by atoms with Gasteiger partial charge in [-0.2, -0.15) is 4.98 Å². The lowest BCUT2D eigenvalue weighted by atomic mass is 10.1. The van der Waals surface area contributed by atoms with Crippen molar-refractivity contribution in [2.24, 2.45) is 13.0 Å². The fourth-order valence-corrected chi connectivity index (χ4v) is 4.53. The van der Waals surface area contributed by atoms with Crippen molar-refractivity contribution in [2.75, 3.05) is 31.1 Å². The molecule has 1 aromatic carbocycles. The van der Waals surface area contributed by atoms with Crippen molar-refractivity contribution < 1.29 is 0 Å². The number of halogens is 2. The van der Waals surface area contributed by atoms with Crippen LogP contribution in [0.2, 0.25) is 10.0 Å². The SMILES string of the molecule is CC(C)CCn1c(N2CCN(Cc3ccc(Cl)cc3Cl)CC2)nc2c1c(=O)[nH]c(=O)n2C. The number of benzene rings is 1. The van der Waals surface area contributed by atoms with E-state index >= 15 is 0 Å². The molecule has 2 aromatic heterocycles. The Morgan fingerprint density at radius 1 is 1.12 bits per heavy atom. The molecule has 0 bridgehead atoms. The molecule has 32 heavy (non-hydrogen) atoms. The van der Waals surface area contributed by atoms with Crippen LogP contribution in [0.3, 0.4) is 0 Å². The molecule has 1 saturated heterocycles. The van der Waals surface area contributed by atoms with Crippen molar-refractivity contribution in [3.63, 3.8) is 0 Å². The van der Waals surface area contributed by atoms with Crippen LogP contribution in [0.25, 0.3) is 11.2 Å². The quantitative estimate of drug-likeness (QED) is 0.588. The minimum Gasteiger partial charge on any atom is -0.340 e. The van der Waals surface area contributed by atoms with Crippen molar-refractivity contribution in [1.82, 2.24) is 24.0 Å². The first kappa shape index (κ1) is 22.9. The van der Waals surface area contributed by atoms with Gasteiger partial charge in [-0.05, 0) is 30.0 Å². The summed E-state index contributed by atoms with van der Waals surface area (Å²) >= 11 is 12.4. The monoisotopic (exact) mass is 478 g/mol. The van der Waals surface area contributed by atoms with Gasteiger partial charge in [0.15, 0.2) is 11.2 Å². The van der Waals surface area contributed by atoms with Gasteiger partial charge in [-0.3, -0.25) is 19.2 Å². The molecule has 3 heterocycles. The van der Waals surface area contributed by atoms with Gasteiger partial charge >= 0.3 is 5.69 Å². The Labute approximate surface area is 196 Å². The van der Waals surface area contributed by atoms with Crippen molar-refractivity contribution in [2.45, 2.75) is 33.4 Å². The van der Waals surface area contributed by atoms with Gasteiger partial charge in [0.2, 0.25) is 5.95 Å². The van der Waals surface area contributed by atoms with E-state index in [0.29, 0.717) is 33.7 Å². The number of hydrogen-bond donors (Lipinski definition) is 1. The van der Waals surface area contributed by atoms with E-state index in [1.807, 2.05) is 16.7 Å². The molecule has 0 atom stereocenters. The zero-order chi connectivity index (χ0) is 23.0. The molecule has 0 radical (unpaired) electrons. The van der Waals surface area contributed by atoms with Crippen molar-refractivity contribution >= 4 is 40.3 Å². The van der Waals surface area contributed by atoms with Gasteiger partial charge in [0.05, 0.1) is 0 Å². The van der Waals surface area contributed by atoms with Crippen LogP contribution in [-0.2, 0) is 20.1 Å². The number of imidazole rings is 1. The standard InChI is InChI=1S/C22H28Cl2N6O2/c1-14(2)6-7-30-18-19(27(3)22(32)26-20(18)31)25-21(30)29-10-8-28(9-11-29)13-15-4-5-16(23)12-17(15)24/h4-5,12,14H,6-11,13H2,1-3H3,(H,26,31,32). The van der Waals surface area contributed by atoms with Gasteiger partial charge in [0, 0.05) is 56.4 Å². The average Bonchev–Trinajstić information content (AvgIpc) is 3.13. The van der Waals surface area contributed by atoms with E-state index in [1.165, 1.54) is 4.57 Å². The summed E-state index contributed by atoms with van der Waals surface area (Å²) in [7, 11) is 1.64. The van der Waals surface area contributed by atoms with Crippen molar-refractivity contribution in [3.05, 3.63) is 54.6 Å². The number of rotatable bonds is 6. The summed E-state index contributed by atoms with van der Waals surface area (Å²) in [5, 5.41) is 1.31. The van der Waals surface area contributed by atoms with Gasteiger partial charge < -0.3 is 9.47 Å². The Hall–Kier alpha value is -2.29. The highest BCUT2D eigenvalue weighted by Crippen LogP contribution is 2.25. The fraction of sp³-hybridized carbons (Fsp3) is 0.500. The first-order valence-corrected chi connectivity index (χ1v) is 11.6. The second kappa shape index (κ2) is 9.29. The van der Waals surface area contributed by atoms with E-state index in [2.05, 4.69) is 28.6 Å². The van der Waals surface area contributed by atoms with Crippen molar-refractivity contribution in [3.8, 4) is 0 Å². The Balaban J connectivity index is 1.59. The second-order valence-corrected chi connectivity index (χ2v) is 9.58. The van der Waals surface area contributed by atoms with Gasteiger partial charge in [0.25, 0.3) is 5.56 Å². The lowest BCUT2D eigenvalue weighted by molar-refractivity contribution is 0.248. The van der Waals surface area contributed by atoms with Crippen LogP contribution in [0.4, 0.5) is 5.95 Å².